The van der Waals surface area contributed by atoms with Crippen LogP contribution in [0.2, 0.25) is 0 Å². The Morgan fingerprint density at radius 1 is 1.53 bits per heavy atom. The maximum atomic E-state index is 13.6. The number of hydrogen-bond donors (Lipinski definition) is 2. The van der Waals surface area contributed by atoms with Gasteiger partial charge in [0.15, 0.2) is 0 Å². The molecule has 1 aromatic rings. The van der Waals surface area contributed by atoms with Gasteiger partial charge in [-0.3, -0.25) is 4.79 Å². The second-order valence-corrected chi connectivity index (χ2v) is 3.75. The van der Waals surface area contributed by atoms with Crippen molar-refractivity contribution in [1.82, 2.24) is 10.2 Å². The van der Waals surface area contributed by atoms with Gasteiger partial charge in [-0.15, -0.1) is 0 Å². The molecule has 1 heterocycles. The van der Waals surface area contributed by atoms with Crippen LogP contribution in [0.5, 0.6) is 0 Å². The summed E-state index contributed by atoms with van der Waals surface area (Å²) in [6.07, 6.45) is 0. The normalized spacial score (nSPS) is 19.2. The number of hydrogen-bond acceptors (Lipinski definition) is 2. The maximum Gasteiger partial charge on any atom is 0.323 e. The van der Waals surface area contributed by atoms with Crippen LogP contribution in [0.25, 0.3) is 0 Å². The van der Waals surface area contributed by atoms with Crippen molar-refractivity contribution < 1.29 is 19.1 Å². The molecule has 0 aliphatic carbocycles. The lowest BCUT2D eigenvalue weighted by Crippen LogP contribution is -2.34. The lowest BCUT2D eigenvalue weighted by Gasteiger charge is -2.21. The lowest BCUT2D eigenvalue weighted by molar-refractivity contribution is -0.137. The van der Waals surface area contributed by atoms with Gasteiger partial charge < -0.3 is 15.3 Å². The van der Waals surface area contributed by atoms with Crippen LogP contribution in [0, 0.1) is 5.82 Å². The molecule has 6 heteroatoms. The van der Waals surface area contributed by atoms with Crippen molar-refractivity contribution in [3.63, 3.8) is 0 Å². The van der Waals surface area contributed by atoms with Crippen molar-refractivity contribution in [1.29, 1.82) is 0 Å². The number of aliphatic carboxylic acids is 1. The Hall–Kier alpha value is -2.11. The topological polar surface area (TPSA) is 69.6 Å². The third-order valence-electron chi connectivity index (χ3n) is 2.65. The molecule has 2 N–H and O–H groups in total. The SMILES string of the molecule is O=C(O)CN1C(=O)NCC1c1ccccc1F. The molecule has 0 spiro atoms. The van der Waals surface area contributed by atoms with Crippen LogP contribution < -0.4 is 5.32 Å². The summed E-state index contributed by atoms with van der Waals surface area (Å²) >= 11 is 0. The first kappa shape index (κ1) is 11.4. The molecule has 0 radical (unpaired) electrons. The van der Waals surface area contributed by atoms with E-state index in [1.165, 1.54) is 6.07 Å². The Labute approximate surface area is 96.8 Å². The highest BCUT2D eigenvalue weighted by Gasteiger charge is 2.34. The van der Waals surface area contributed by atoms with Crippen LogP contribution >= 0.6 is 0 Å². The van der Waals surface area contributed by atoms with E-state index in [1.54, 1.807) is 18.2 Å². The van der Waals surface area contributed by atoms with E-state index < -0.39 is 30.4 Å². The molecule has 0 bridgehead atoms. The molecule has 1 aliphatic rings. The van der Waals surface area contributed by atoms with E-state index in [9.17, 15) is 14.0 Å². The van der Waals surface area contributed by atoms with Gasteiger partial charge in [0.25, 0.3) is 0 Å². The molecule has 5 nitrogen and oxygen atoms in total. The maximum absolute atomic E-state index is 13.6. The zero-order valence-corrected chi connectivity index (χ0v) is 8.89. The molecular formula is C11H11FN2O3. The number of nitrogens with one attached hydrogen (secondary N) is 1. The summed E-state index contributed by atoms with van der Waals surface area (Å²) in [4.78, 5) is 23.2. The van der Waals surface area contributed by atoms with Gasteiger partial charge in [0.05, 0.1) is 6.04 Å². The quantitative estimate of drug-likeness (QED) is 0.824. The molecule has 0 aromatic heterocycles. The molecular weight excluding hydrogens is 227 g/mol. The summed E-state index contributed by atoms with van der Waals surface area (Å²) in [5.41, 5.74) is 0.326. The van der Waals surface area contributed by atoms with Crippen molar-refractivity contribution in [2.45, 2.75) is 6.04 Å². The highest BCUT2D eigenvalue weighted by atomic mass is 19.1. The smallest absolute Gasteiger partial charge is 0.323 e. The Kier molecular flexibility index (Phi) is 2.95. The third-order valence-corrected chi connectivity index (χ3v) is 2.65. The van der Waals surface area contributed by atoms with Gasteiger partial charge in [-0.2, -0.15) is 0 Å². The Balaban J connectivity index is 2.28. The molecule has 17 heavy (non-hydrogen) atoms. The van der Waals surface area contributed by atoms with Crippen LogP contribution in [0.15, 0.2) is 24.3 Å². The number of benzene rings is 1. The van der Waals surface area contributed by atoms with E-state index in [2.05, 4.69) is 5.32 Å². The highest BCUT2D eigenvalue weighted by molar-refractivity contribution is 5.82. The zero-order valence-electron chi connectivity index (χ0n) is 8.89. The number of carbonyl (C=O) groups excluding carboxylic acids is 1. The summed E-state index contributed by atoms with van der Waals surface area (Å²) in [6, 6.07) is 4.98. The van der Waals surface area contributed by atoms with Crippen LogP contribution in [-0.2, 0) is 4.79 Å². The largest absolute Gasteiger partial charge is 0.480 e. The van der Waals surface area contributed by atoms with Crippen molar-refractivity contribution in [3.05, 3.63) is 35.6 Å². The number of halogens is 1. The Bertz CT molecular complexity index is 464. The number of urea groups is 1. The minimum atomic E-state index is -1.12. The predicted molar refractivity (Wildman–Crippen MR) is 56.9 cm³/mol. The van der Waals surface area contributed by atoms with Gasteiger partial charge in [0, 0.05) is 12.1 Å². The minimum absolute atomic E-state index is 0.215. The summed E-state index contributed by atoms with van der Waals surface area (Å²) in [5, 5.41) is 11.2. The Morgan fingerprint density at radius 2 is 2.24 bits per heavy atom. The van der Waals surface area contributed by atoms with Gasteiger partial charge in [-0.25, -0.2) is 9.18 Å². The summed E-state index contributed by atoms with van der Waals surface area (Å²) in [6.45, 7) is -0.224. The van der Waals surface area contributed by atoms with E-state index in [-0.39, 0.29) is 6.54 Å². The first-order valence-corrected chi connectivity index (χ1v) is 5.10. The second kappa shape index (κ2) is 4.40. The fourth-order valence-electron chi connectivity index (χ4n) is 1.89. The van der Waals surface area contributed by atoms with Gasteiger partial charge in [-0.05, 0) is 6.07 Å². The molecule has 90 valence electrons. The number of carbonyl (C=O) groups is 2. The molecule has 2 amide bonds. The predicted octanol–water partition coefficient (Wildman–Crippen LogP) is 0.977. The van der Waals surface area contributed by atoms with Crippen molar-refractivity contribution >= 4 is 12.0 Å². The molecule has 1 atom stereocenters. The first-order chi connectivity index (χ1) is 8.09. The molecule has 1 fully saturated rings. The van der Waals surface area contributed by atoms with E-state index >= 15 is 0 Å². The molecule has 1 aliphatic heterocycles. The second-order valence-electron chi connectivity index (χ2n) is 3.75. The van der Waals surface area contributed by atoms with E-state index in [1.807, 2.05) is 0 Å². The van der Waals surface area contributed by atoms with Gasteiger partial charge in [0.1, 0.15) is 12.4 Å². The van der Waals surface area contributed by atoms with Crippen LogP contribution in [-0.4, -0.2) is 35.1 Å². The molecule has 2 rings (SSSR count). The third kappa shape index (κ3) is 2.20. The lowest BCUT2D eigenvalue weighted by atomic mass is 10.1. The van der Waals surface area contributed by atoms with Gasteiger partial charge in [0.2, 0.25) is 0 Å². The van der Waals surface area contributed by atoms with E-state index in [4.69, 9.17) is 5.11 Å². The van der Waals surface area contributed by atoms with Crippen LogP contribution in [0.1, 0.15) is 11.6 Å². The zero-order chi connectivity index (χ0) is 12.4. The molecule has 1 saturated heterocycles. The summed E-state index contributed by atoms with van der Waals surface area (Å²) in [5.74, 6) is -1.56. The minimum Gasteiger partial charge on any atom is -0.480 e. The molecule has 0 saturated carbocycles. The van der Waals surface area contributed by atoms with E-state index in [0.717, 1.165) is 4.90 Å². The average Bonchev–Trinajstić information content (AvgIpc) is 2.61. The van der Waals surface area contributed by atoms with Crippen LogP contribution in [0.4, 0.5) is 9.18 Å². The average molecular weight is 238 g/mol. The van der Waals surface area contributed by atoms with Crippen molar-refractivity contribution in [2.75, 3.05) is 13.1 Å². The number of rotatable bonds is 3. The fraction of sp³-hybridized carbons (Fsp3) is 0.273. The summed E-state index contributed by atoms with van der Waals surface area (Å²) < 4.78 is 13.6. The van der Waals surface area contributed by atoms with Gasteiger partial charge in [-0.1, -0.05) is 18.2 Å². The summed E-state index contributed by atoms with van der Waals surface area (Å²) in [7, 11) is 0. The van der Waals surface area contributed by atoms with Gasteiger partial charge >= 0.3 is 12.0 Å². The number of amides is 2. The first-order valence-electron chi connectivity index (χ1n) is 5.10. The highest BCUT2D eigenvalue weighted by Crippen LogP contribution is 2.26. The number of carboxylic acids is 1. The number of nitrogens with zero attached hydrogens (tertiary/aromatic N) is 1. The van der Waals surface area contributed by atoms with Crippen molar-refractivity contribution in [2.24, 2.45) is 0 Å². The Morgan fingerprint density at radius 3 is 2.88 bits per heavy atom. The molecule has 1 unspecified atom stereocenters. The van der Waals surface area contributed by atoms with E-state index in [0.29, 0.717) is 5.56 Å². The van der Waals surface area contributed by atoms with Crippen LogP contribution in [0.3, 0.4) is 0 Å². The van der Waals surface area contributed by atoms with Crippen molar-refractivity contribution in [3.8, 4) is 0 Å². The fourth-order valence-corrected chi connectivity index (χ4v) is 1.89. The molecule has 1 aromatic carbocycles. The number of carboxylic acid groups (broad SMARTS) is 1. The standard InChI is InChI=1S/C11H11FN2O3/c12-8-4-2-1-3-7(8)9-5-13-11(17)14(9)6-10(15)16/h1-4,9H,5-6H2,(H,13,17)(H,15,16). The monoisotopic (exact) mass is 238 g/mol.